The first-order valence-electron chi connectivity index (χ1n) is 7.06. The number of carbonyl (C=O) groups excluding carboxylic acids is 1. The van der Waals surface area contributed by atoms with Gasteiger partial charge in [0.05, 0.1) is 17.6 Å². The third kappa shape index (κ3) is 4.79. The summed E-state index contributed by atoms with van der Waals surface area (Å²) in [5.74, 6) is -0.293. The van der Waals surface area contributed by atoms with Crippen molar-refractivity contribution >= 4 is 16.0 Å². The summed E-state index contributed by atoms with van der Waals surface area (Å²) in [6.07, 6.45) is 0.611. The molecular weight excluding hydrogens is 304 g/mol. The number of methoxy groups -OCH3 is 1. The Morgan fingerprint density at radius 3 is 2.55 bits per heavy atom. The monoisotopic (exact) mass is 328 g/mol. The highest BCUT2D eigenvalue weighted by molar-refractivity contribution is 7.89. The van der Waals surface area contributed by atoms with Crippen molar-refractivity contribution in [3.8, 4) is 0 Å². The Morgan fingerprint density at radius 2 is 2.05 bits per heavy atom. The lowest BCUT2D eigenvalue weighted by Crippen LogP contribution is -2.52. The van der Waals surface area contributed by atoms with Gasteiger partial charge in [-0.1, -0.05) is 19.9 Å². The van der Waals surface area contributed by atoms with Gasteiger partial charge < -0.3 is 10.5 Å². The van der Waals surface area contributed by atoms with Crippen LogP contribution in [0.25, 0.3) is 0 Å². The summed E-state index contributed by atoms with van der Waals surface area (Å²) in [5, 5.41) is 0. The zero-order valence-electron chi connectivity index (χ0n) is 13.4. The first kappa shape index (κ1) is 18.6. The number of nitrogens with one attached hydrogen (secondary N) is 1. The molecule has 1 atom stereocenters. The number of sulfonamides is 1. The zero-order valence-corrected chi connectivity index (χ0v) is 14.2. The molecule has 0 aliphatic carbocycles. The Bertz CT molecular complexity index is 628. The van der Waals surface area contributed by atoms with E-state index in [-0.39, 0.29) is 22.9 Å². The van der Waals surface area contributed by atoms with E-state index < -0.39 is 21.5 Å². The number of hydrogen-bond donors (Lipinski definition) is 2. The van der Waals surface area contributed by atoms with E-state index in [1.54, 1.807) is 6.92 Å². The van der Waals surface area contributed by atoms with Crippen LogP contribution in [0.3, 0.4) is 0 Å². The Labute approximate surface area is 132 Å². The predicted molar refractivity (Wildman–Crippen MR) is 85.0 cm³/mol. The van der Waals surface area contributed by atoms with E-state index in [2.05, 4.69) is 9.46 Å². The lowest BCUT2D eigenvalue weighted by Gasteiger charge is -2.30. The minimum absolute atomic E-state index is 0.0128. The molecule has 0 saturated carbocycles. The van der Waals surface area contributed by atoms with Crippen molar-refractivity contribution in [3.63, 3.8) is 0 Å². The second-order valence-electron chi connectivity index (χ2n) is 5.99. The van der Waals surface area contributed by atoms with Crippen LogP contribution in [0.5, 0.6) is 0 Å². The van der Waals surface area contributed by atoms with Crippen LogP contribution >= 0.6 is 0 Å². The van der Waals surface area contributed by atoms with Crippen LogP contribution in [0.1, 0.15) is 37.6 Å². The summed E-state index contributed by atoms with van der Waals surface area (Å²) in [5.41, 5.74) is 5.18. The van der Waals surface area contributed by atoms with E-state index in [1.165, 1.54) is 31.4 Å². The molecule has 1 aromatic carbocycles. The van der Waals surface area contributed by atoms with Gasteiger partial charge in [-0.05, 0) is 37.5 Å². The molecule has 6 nitrogen and oxygen atoms in total. The fourth-order valence-electron chi connectivity index (χ4n) is 2.36. The van der Waals surface area contributed by atoms with Crippen LogP contribution in [-0.4, -0.2) is 33.6 Å². The standard InChI is InChI=1S/C15H24N2O4S/c1-11(2)9-15(3,10-16)17-22(19,20)13-7-5-6-12(8-13)14(18)21-4/h5-8,11,17H,9-10,16H2,1-4H3. The smallest absolute Gasteiger partial charge is 0.337 e. The molecule has 1 aromatic rings. The van der Waals surface area contributed by atoms with Gasteiger partial charge in [0, 0.05) is 12.1 Å². The average molecular weight is 328 g/mol. The van der Waals surface area contributed by atoms with Gasteiger partial charge in [-0.25, -0.2) is 17.9 Å². The van der Waals surface area contributed by atoms with E-state index in [0.29, 0.717) is 6.42 Å². The maximum Gasteiger partial charge on any atom is 0.337 e. The normalized spacial score (nSPS) is 14.6. The van der Waals surface area contributed by atoms with Gasteiger partial charge in [0.2, 0.25) is 10.0 Å². The van der Waals surface area contributed by atoms with E-state index in [9.17, 15) is 13.2 Å². The molecule has 124 valence electrons. The molecule has 0 bridgehead atoms. The molecule has 0 saturated heterocycles. The molecule has 7 heteroatoms. The van der Waals surface area contributed by atoms with Crippen molar-refractivity contribution in [2.24, 2.45) is 11.7 Å². The molecular formula is C15H24N2O4S. The van der Waals surface area contributed by atoms with Crippen molar-refractivity contribution in [1.82, 2.24) is 4.72 Å². The van der Waals surface area contributed by atoms with Gasteiger partial charge in [0.1, 0.15) is 0 Å². The molecule has 0 fully saturated rings. The summed E-state index contributed by atoms with van der Waals surface area (Å²) in [7, 11) is -2.53. The topological polar surface area (TPSA) is 98.5 Å². The molecule has 0 amide bonds. The molecule has 0 radical (unpaired) electrons. The van der Waals surface area contributed by atoms with E-state index >= 15 is 0 Å². The van der Waals surface area contributed by atoms with Crippen molar-refractivity contribution in [1.29, 1.82) is 0 Å². The number of esters is 1. The van der Waals surface area contributed by atoms with Gasteiger partial charge in [0.15, 0.2) is 0 Å². The van der Waals surface area contributed by atoms with Crippen LogP contribution in [0.2, 0.25) is 0 Å². The molecule has 22 heavy (non-hydrogen) atoms. The van der Waals surface area contributed by atoms with E-state index in [1.807, 2.05) is 13.8 Å². The van der Waals surface area contributed by atoms with Crippen molar-refractivity contribution < 1.29 is 17.9 Å². The number of carbonyl (C=O) groups is 1. The largest absolute Gasteiger partial charge is 0.465 e. The average Bonchev–Trinajstić information content (AvgIpc) is 2.45. The Kier molecular flexibility index (Phi) is 6.10. The zero-order chi connectivity index (χ0) is 17.0. The number of nitrogens with two attached hydrogens (primary N) is 1. The highest BCUT2D eigenvalue weighted by Gasteiger charge is 2.30. The van der Waals surface area contributed by atoms with Crippen molar-refractivity contribution in [2.75, 3.05) is 13.7 Å². The summed E-state index contributed by atoms with van der Waals surface area (Å²) in [4.78, 5) is 11.5. The van der Waals surface area contributed by atoms with Crippen LogP contribution in [-0.2, 0) is 14.8 Å². The first-order valence-corrected chi connectivity index (χ1v) is 8.54. The number of ether oxygens (including phenoxy) is 1. The van der Waals surface area contributed by atoms with Crippen LogP contribution in [0.15, 0.2) is 29.2 Å². The quantitative estimate of drug-likeness (QED) is 0.739. The van der Waals surface area contributed by atoms with Crippen LogP contribution in [0.4, 0.5) is 0 Å². The summed E-state index contributed by atoms with van der Waals surface area (Å²) < 4.78 is 32.3. The minimum atomic E-state index is -3.78. The highest BCUT2D eigenvalue weighted by Crippen LogP contribution is 2.20. The van der Waals surface area contributed by atoms with Crippen molar-refractivity contribution in [3.05, 3.63) is 29.8 Å². The van der Waals surface area contributed by atoms with Gasteiger partial charge in [-0.3, -0.25) is 0 Å². The minimum Gasteiger partial charge on any atom is -0.465 e. The predicted octanol–water partition coefficient (Wildman–Crippen LogP) is 1.51. The molecule has 1 rings (SSSR count). The Hall–Kier alpha value is -1.44. The third-order valence-corrected chi connectivity index (χ3v) is 4.89. The third-order valence-electron chi connectivity index (χ3n) is 3.26. The maximum atomic E-state index is 12.5. The van der Waals surface area contributed by atoms with Crippen molar-refractivity contribution in [2.45, 2.75) is 37.6 Å². The van der Waals surface area contributed by atoms with Gasteiger partial charge in [-0.2, -0.15) is 0 Å². The van der Waals surface area contributed by atoms with E-state index in [4.69, 9.17) is 5.73 Å². The number of rotatable bonds is 7. The number of hydrogen-bond acceptors (Lipinski definition) is 5. The summed E-state index contributed by atoms with van der Waals surface area (Å²) >= 11 is 0. The fourth-order valence-corrected chi connectivity index (χ4v) is 3.83. The summed E-state index contributed by atoms with van der Waals surface area (Å²) in [6, 6.07) is 5.73. The van der Waals surface area contributed by atoms with Crippen LogP contribution in [0, 0.1) is 5.92 Å². The lowest BCUT2D eigenvalue weighted by molar-refractivity contribution is 0.0600. The highest BCUT2D eigenvalue weighted by atomic mass is 32.2. The molecule has 0 aliphatic rings. The van der Waals surface area contributed by atoms with Gasteiger partial charge in [-0.15, -0.1) is 0 Å². The molecule has 0 spiro atoms. The van der Waals surface area contributed by atoms with Crippen LogP contribution < -0.4 is 10.5 Å². The SMILES string of the molecule is COC(=O)c1cccc(S(=O)(=O)NC(C)(CN)CC(C)C)c1. The molecule has 1 unspecified atom stereocenters. The van der Waals surface area contributed by atoms with E-state index in [0.717, 1.165) is 0 Å². The lowest BCUT2D eigenvalue weighted by atomic mass is 9.92. The molecule has 3 N–H and O–H groups in total. The molecule has 0 aliphatic heterocycles. The Morgan fingerprint density at radius 1 is 1.41 bits per heavy atom. The van der Waals surface area contributed by atoms with Gasteiger partial charge in [0.25, 0.3) is 0 Å². The summed E-state index contributed by atoms with van der Waals surface area (Å²) in [6.45, 7) is 5.95. The molecule has 0 aromatic heterocycles. The maximum absolute atomic E-state index is 12.5. The number of benzene rings is 1. The fraction of sp³-hybridized carbons (Fsp3) is 0.533. The van der Waals surface area contributed by atoms with Gasteiger partial charge >= 0.3 is 5.97 Å². The first-order chi connectivity index (χ1) is 10.1. The molecule has 0 heterocycles. The second-order valence-corrected chi connectivity index (χ2v) is 7.67. The second kappa shape index (κ2) is 7.21. The Balaban J connectivity index is 3.11.